The number of piperazine rings is 1. The van der Waals surface area contributed by atoms with Gasteiger partial charge in [0.25, 0.3) is 0 Å². The fourth-order valence-electron chi connectivity index (χ4n) is 4.96. The van der Waals surface area contributed by atoms with E-state index in [0.29, 0.717) is 31.2 Å². The second-order valence-corrected chi connectivity index (χ2v) is 11.4. The number of halogens is 1. The van der Waals surface area contributed by atoms with Crippen LogP contribution in [-0.2, 0) is 32.0 Å². The molecule has 1 fully saturated rings. The molecule has 2 N–H and O–H groups in total. The van der Waals surface area contributed by atoms with Crippen molar-refractivity contribution < 1.29 is 29.3 Å². The number of fused-ring (bicyclic) bond motifs is 2. The molecule has 0 spiro atoms. The van der Waals surface area contributed by atoms with E-state index in [1.165, 1.54) is 20.9 Å². The van der Waals surface area contributed by atoms with Gasteiger partial charge in [0.1, 0.15) is 6.61 Å². The number of ether oxygens (including phenoxy) is 1. The Hall–Kier alpha value is -3.63. The van der Waals surface area contributed by atoms with Crippen molar-refractivity contribution in [3.8, 4) is 0 Å². The minimum absolute atomic E-state index is 0.158. The second kappa shape index (κ2) is 15.6. The van der Waals surface area contributed by atoms with E-state index in [1.807, 2.05) is 48.2 Å². The van der Waals surface area contributed by atoms with Crippen molar-refractivity contribution in [2.45, 2.75) is 28.7 Å². The minimum atomic E-state index is -1.26. The number of carboxylic acids is 2. The molecule has 0 amide bonds. The number of aliphatic carboxylic acids is 2. The predicted molar refractivity (Wildman–Crippen MR) is 162 cm³/mol. The highest BCUT2D eigenvalue weighted by molar-refractivity contribution is 7.99. The molecule has 3 aromatic rings. The van der Waals surface area contributed by atoms with Crippen LogP contribution in [0.25, 0.3) is 0 Å². The molecular formula is C32H33ClN2O6S. The first kappa shape index (κ1) is 31.3. The number of hydrogen-bond donors (Lipinski definition) is 2. The SMILES string of the molecule is O=C(Cc1ccccc1)OCCN1CCN(C2Cc3cc(Cl)ccc3Sc3ccccc32)CC1.O=C(O)/C=C/C(=O)O. The molecule has 0 saturated carbocycles. The van der Waals surface area contributed by atoms with Gasteiger partial charge in [-0.2, -0.15) is 0 Å². The van der Waals surface area contributed by atoms with Crippen LogP contribution in [0.4, 0.5) is 0 Å². The van der Waals surface area contributed by atoms with Gasteiger partial charge in [-0.05, 0) is 47.4 Å². The van der Waals surface area contributed by atoms with Gasteiger partial charge in [-0.1, -0.05) is 71.9 Å². The van der Waals surface area contributed by atoms with Gasteiger partial charge in [-0.15, -0.1) is 0 Å². The number of nitrogens with zero attached hydrogens (tertiary/aromatic N) is 2. The summed E-state index contributed by atoms with van der Waals surface area (Å²) in [6.07, 6.45) is 2.42. The Morgan fingerprint density at radius 2 is 1.55 bits per heavy atom. The fourth-order valence-corrected chi connectivity index (χ4v) is 6.27. The molecule has 1 unspecified atom stereocenters. The Labute approximate surface area is 254 Å². The molecule has 8 nitrogen and oxygen atoms in total. The molecule has 1 atom stereocenters. The fraction of sp³-hybridized carbons (Fsp3) is 0.281. The van der Waals surface area contributed by atoms with Crippen molar-refractivity contribution in [3.05, 3.63) is 107 Å². The smallest absolute Gasteiger partial charge is 0.328 e. The maximum atomic E-state index is 12.1. The summed E-state index contributed by atoms with van der Waals surface area (Å²) >= 11 is 8.19. The lowest BCUT2D eigenvalue weighted by atomic mass is 9.96. The lowest BCUT2D eigenvalue weighted by Crippen LogP contribution is -2.48. The number of esters is 1. The Kier molecular flexibility index (Phi) is 11.6. The van der Waals surface area contributed by atoms with Crippen molar-refractivity contribution in [1.29, 1.82) is 0 Å². The Morgan fingerprint density at radius 1 is 0.881 bits per heavy atom. The first-order valence-electron chi connectivity index (χ1n) is 13.6. The summed E-state index contributed by atoms with van der Waals surface area (Å²) in [7, 11) is 0. The molecule has 5 rings (SSSR count). The summed E-state index contributed by atoms with van der Waals surface area (Å²) in [5.41, 5.74) is 3.72. The summed E-state index contributed by atoms with van der Waals surface area (Å²) < 4.78 is 5.50. The molecule has 2 aliphatic rings. The van der Waals surface area contributed by atoms with Crippen LogP contribution in [0.2, 0.25) is 5.02 Å². The third-order valence-corrected chi connectivity index (χ3v) is 8.46. The lowest BCUT2D eigenvalue weighted by molar-refractivity contribution is -0.143. The van der Waals surface area contributed by atoms with Crippen molar-refractivity contribution in [3.63, 3.8) is 0 Å². The van der Waals surface area contributed by atoms with E-state index < -0.39 is 11.9 Å². The number of carbonyl (C=O) groups is 3. The van der Waals surface area contributed by atoms with Gasteiger partial charge in [-0.3, -0.25) is 14.6 Å². The zero-order valence-electron chi connectivity index (χ0n) is 23.0. The van der Waals surface area contributed by atoms with E-state index in [4.69, 9.17) is 26.6 Å². The Bertz CT molecular complexity index is 1390. The quantitative estimate of drug-likeness (QED) is 0.263. The molecule has 3 aromatic carbocycles. The van der Waals surface area contributed by atoms with Gasteiger partial charge in [0.2, 0.25) is 0 Å². The van der Waals surface area contributed by atoms with Crippen molar-refractivity contribution >= 4 is 41.3 Å². The van der Waals surface area contributed by atoms with Gasteiger partial charge in [0.15, 0.2) is 0 Å². The molecule has 220 valence electrons. The highest BCUT2D eigenvalue weighted by atomic mass is 35.5. The van der Waals surface area contributed by atoms with Gasteiger partial charge in [0, 0.05) is 65.7 Å². The van der Waals surface area contributed by atoms with Crippen molar-refractivity contribution in [1.82, 2.24) is 9.80 Å². The average Bonchev–Trinajstić information content (AvgIpc) is 3.14. The summed E-state index contributed by atoms with van der Waals surface area (Å²) in [6.45, 7) is 5.17. The van der Waals surface area contributed by atoms with Crippen molar-refractivity contribution in [2.75, 3.05) is 39.3 Å². The molecule has 42 heavy (non-hydrogen) atoms. The first-order valence-corrected chi connectivity index (χ1v) is 14.8. The zero-order chi connectivity index (χ0) is 29.9. The van der Waals surface area contributed by atoms with Crippen LogP contribution in [0, 0.1) is 0 Å². The monoisotopic (exact) mass is 608 g/mol. The maximum Gasteiger partial charge on any atom is 0.328 e. The third kappa shape index (κ3) is 9.46. The molecule has 0 bridgehead atoms. The largest absolute Gasteiger partial charge is 0.478 e. The molecule has 2 aliphatic heterocycles. The highest BCUT2D eigenvalue weighted by Gasteiger charge is 2.30. The molecule has 10 heteroatoms. The van der Waals surface area contributed by atoms with Crippen LogP contribution in [0.3, 0.4) is 0 Å². The lowest BCUT2D eigenvalue weighted by Gasteiger charge is -2.39. The van der Waals surface area contributed by atoms with Crippen LogP contribution >= 0.6 is 23.4 Å². The molecule has 1 saturated heterocycles. The number of benzene rings is 3. The number of hydrogen-bond acceptors (Lipinski definition) is 7. The molecular weight excluding hydrogens is 576 g/mol. The van der Waals surface area contributed by atoms with Crippen LogP contribution in [0.5, 0.6) is 0 Å². The topological polar surface area (TPSA) is 107 Å². The van der Waals surface area contributed by atoms with Crippen LogP contribution < -0.4 is 0 Å². The summed E-state index contributed by atoms with van der Waals surface area (Å²) in [4.78, 5) is 38.9. The normalized spacial score (nSPS) is 16.8. The second-order valence-electron chi connectivity index (χ2n) is 9.88. The first-order chi connectivity index (χ1) is 20.3. The minimum Gasteiger partial charge on any atom is -0.478 e. The van der Waals surface area contributed by atoms with Gasteiger partial charge >= 0.3 is 17.9 Å². The van der Waals surface area contributed by atoms with Gasteiger partial charge in [-0.25, -0.2) is 9.59 Å². The van der Waals surface area contributed by atoms with E-state index in [9.17, 15) is 14.4 Å². The summed E-state index contributed by atoms with van der Waals surface area (Å²) in [6, 6.07) is 25.1. The van der Waals surface area contributed by atoms with E-state index in [-0.39, 0.29) is 5.97 Å². The number of carboxylic acid groups (broad SMARTS) is 2. The van der Waals surface area contributed by atoms with E-state index in [2.05, 4.69) is 46.2 Å². The molecule has 2 heterocycles. The van der Waals surface area contributed by atoms with Crippen molar-refractivity contribution in [2.24, 2.45) is 0 Å². The number of carbonyl (C=O) groups excluding carboxylic acids is 1. The van der Waals surface area contributed by atoms with Crippen LogP contribution in [-0.4, -0.2) is 77.3 Å². The Morgan fingerprint density at radius 3 is 2.24 bits per heavy atom. The van der Waals surface area contributed by atoms with Gasteiger partial charge < -0.3 is 14.9 Å². The predicted octanol–water partition coefficient (Wildman–Crippen LogP) is 5.20. The van der Waals surface area contributed by atoms with Crippen LogP contribution in [0.15, 0.2) is 94.7 Å². The zero-order valence-corrected chi connectivity index (χ0v) is 24.6. The highest BCUT2D eigenvalue weighted by Crippen LogP contribution is 2.43. The summed E-state index contributed by atoms with van der Waals surface area (Å²) in [5.74, 6) is -2.67. The summed E-state index contributed by atoms with van der Waals surface area (Å²) in [5, 5.41) is 16.4. The Balaban J connectivity index is 0.000000446. The van der Waals surface area contributed by atoms with E-state index >= 15 is 0 Å². The van der Waals surface area contributed by atoms with E-state index in [0.717, 1.165) is 49.7 Å². The molecule has 0 aliphatic carbocycles. The average molecular weight is 609 g/mol. The maximum absolute atomic E-state index is 12.1. The van der Waals surface area contributed by atoms with Crippen LogP contribution in [0.1, 0.15) is 22.7 Å². The third-order valence-electron chi connectivity index (χ3n) is 7.01. The standard InChI is InChI=1S/C28H29ClN2O2S.C4H4O4/c29-23-10-11-26-22(19-23)20-25(24-8-4-5-9-27(24)34-26)31-14-12-30(13-15-31)16-17-33-28(32)18-21-6-2-1-3-7-21;5-3(6)1-2-4(7)8/h1-11,19,25H,12-18,20H2;1-2H,(H,5,6)(H,7,8)/b;2-1+. The van der Waals surface area contributed by atoms with E-state index in [1.54, 1.807) is 0 Å². The number of rotatable bonds is 8. The van der Waals surface area contributed by atoms with Gasteiger partial charge in [0.05, 0.1) is 6.42 Å². The molecule has 0 aromatic heterocycles. The molecule has 0 radical (unpaired) electrons.